The minimum Gasteiger partial charge on any atom is -0.468 e. The summed E-state index contributed by atoms with van der Waals surface area (Å²) in [5.74, 6) is 4.77. The Morgan fingerprint density at radius 3 is 2.44 bits per heavy atom. The predicted molar refractivity (Wildman–Crippen MR) is 65.9 cm³/mol. The zero-order valence-electron chi connectivity index (χ0n) is 10.4. The van der Waals surface area contributed by atoms with Crippen LogP contribution in [0.3, 0.4) is 0 Å². The van der Waals surface area contributed by atoms with Crippen molar-refractivity contribution < 1.29 is 19.1 Å². The molecule has 4 nitrogen and oxygen atoms in total. The number of carbonyl (C=O) groups is 2. The van der Waals surface area contributed by atoms with Gasteiger partial charge < -0.3 is 9.47 Å². The maximum atomic E-state index is 11.4. The topological polar surface area (TPSA) is 52.6 Å². The Balaban J connectivity index is 2.65. The van der Waals surface area contributed by atoms with Gasteiger partial charge >= 0.3 is 11.9 Å². The Morgan fingerprint density at radius 2 is 1.89 bits per heavy atom. The number of hydrogen-bond acceptors (Lipinski definition) is 4. The van der Waals surface area contributed by atoms with E-state index in [0.29, 0.717) is 12.2 Å². The Hall–Kier alpha value is -2.28. The summed E-state index contributed by atoms with van der Waals surface area (Å²) in [4.78, 5) is 22.2. The molecule has 0 aliphatic carbocycles. The van der Waals surface area contributed by atoms with Crippen molar-refractivity contribution in [3.05, 3.63) is 35.4 Å². The first-order valence-corrected chi connectivity index (χ1v) is 5.50. The zero-order chi connectivity index (χ0) is 13.4. The fraction of sp³-hybridized carbons (Fsp3) is 0.286. The summed E-state index contributed by atoms with van der Waals surface area (Å²) < 4.78 is 9.32. The molecular formula is C14H14O4. The van der Waals surface area contributed by atoms with Crippen LogP contribution in [0.25, 0.3) is 0 Å². The van der Waals surface area contributed by atoms with Gasteiger partial charge in [-0.1, -0.05) is 11.8 Å². The van der Waals surface area contributed by atoms with Crippen LogP contribution in [0.5, 0.6) is 0 Å². The molecule has 0 amide bonds. The van der Waals surface area contributed by atoms with Crippen LogP contribution >= 0.6 is 0 Å². The average molecular weight is 246 g/mol. The molecule has 0 aliphatic heterocycles. The van der Waals surface area contributed by atoms with Crippen molar-refractivity contribution in [1.29, 1.82) is 0 Å². The van der Waals surface area contributed by atoms with Crippen LogP contribution < -0.4 is 0 Å². The van der Waals surface area contributed by atoms with Crippen molar-refractivity contribution in [2.75, 3.05) is 13.7 Å². The summed E-state index contributed by atoms with van der Waals surface area (Å²) in [6, 6.07) is 6.69. The Bertz CT molecular complexity index is 477. The van der Waals surface area contributed by atoms with E-state index < -0.39 is 0 Å². The normalized spacial score (nSPS) is 9.00. The smallest absolute Gasteiger partial charge is 0.338 e. The second kappa shape index (κ2) is 7.13. The Morgan fingerprint density at radius 1 is 1.22 bits per heavy atom. The van der Waals surface area contributed by atoms with Gasteiger partial charge in [-0.2, -0.15) is 0 Å². The van der Waals surface area contributed by atoms with Crippen molar-refractivity contribution in [3.8, 4) is 11.8 Å². The van der Waals surface area contributed by atoms with E-state index in [4.69, 9.17) is 4.74 Å². The van der Waals surface area contributed by atoms with Crippen molar-refractivity contribution in [2.45, 2.75) is 13.3 Å². The maximum Gasteiger partial charge on any atom is 0.338 e. The van der Waals surface area contributed by atoms with Gasteiger partial charge in [-0.15, -0.1) is 0 Å². The summed E-state index contributed by atoms with van der Waals surface area (Å²) in [5, 5.41) is 0. The molecule has 1 aromatic rings. The molecule has 0 fully saturated rings. The fourth-order valence-corrected chi connectivity index (χ4v) is 1.19. The van der Waals surface area contributed by atoms with E-state index in [1.165, 1.54) is 7.11 Å². The Kier molecular flexibility index (Phi) is 5.46. The SMILES string of the molecule is CCOC(=O)c1ccc(C#CCC(=O)OC)cc1. The number of rotatable bonds is 3. The number of methoxy groups -OCH3 is 1. The van der Waals surface area contributed by atoms with Crippen LogP contribution in [-0.4, -0.2) is 25.7 Å². The summed E-state index contributed by atoms with van der Waals surface area (Å²) in [6.45, 7) is 2.10. The number of ether oxygens (including phenoxy) is 2. The fourth-order valence-electron chi connectivity index (χ4n) is 1.19. The minimum absolute atomic E-state index is 0.0517. The van der Waals surface area contributed by atoms with Gasteiger partial charge in [0.25, 0.3) is 0 Å². The lowest BCUT2D eigenvalue weighted by Gasteiger charge is -2.00. The van der Waals surface area contributed by atoms with E-state index in [0.717, 1.165) is 5.56 Å². The molecule has 18 heavy (non-hydrogen) atoms. The number of hydrogen-bond donors (Lipinski definition) is 0. The second-order valence-corrected chi connectivity index (χ2v) is 3.35. The summed E-state index contributed by atoms with van der Waals surface area (Å²) in [7, 11) is 1.32. The molecule has 0 N–H and O–H groups in total. The molecular weight excluding hydrogens is 232 g/mol. The van der Waals surface area contributed by atoms with Gasteiger partial charge in [0.05, 0.1) is 19.3 Å². The third-order valence-corrected chi connectivity index (χ3v) is 2.09. The lowest BCUT2D eigenvalue weighted by Crippen LogP contribution is -2.04. The van der Waals surface area contributed by atoms with Crippen molar-refractivity contribution in [3.63, 3.8) is 0 Å². The third-order valence-electron chi connectivity index (χ3n) is 2.09. The van der Waals surface area contributed by atoms with Gasteiger partial charge in [0, 0.05) is 5.56 Å². The number of benzene rings is 1. The molecule has 94 valence electrons. The standard InChI is InChI=1S/C14H14O4/c1-3-18-14(16)12-9-7-11(8-10-12)5-4-6-13(15)17-2/h7-10H,3,6H2,1-2H3. The largest absolute Gasteiger partial charge is 0.468 e. The molecule has 4 heteroatoms. The van der Waals surface area contributed by atoms with Gasteiger partial charge in [-0.25, -0.2) is 4.79 Å². The van der Waals surface area contributed by atoms with Crippen molar-refractivity contribution in [1.82, 2.24) is 0 Å². The molecule has 1 rings (SSSR count). The Labute approximate surface area is 106 Å². The number of esters is 2. The molecule has 0 saturated carbocycles. The lowest BCUT2D eigenvalue weighted by atomic mass is 10.1. The van der Waals surface area contributed by atoms with Crippen LogP contribution in [0.4, 0.5) is 0 Å². The number of carbonyl (C=O) groups excluding carboxylic acids is 2. The highest BCUT2D eigenvalue weighted by Crippen LogP contribution is 2.05. The lowest BCUT2D eigenvalue weighted by molar-refractivity contribution is -0.139. The molecule has 1 aromatic carbocycles. The highest BCUT2D eigenvalue weighted by molar-refractivity contribution is 5.89. The van der Waals surface area contributed by atoms with Gasteiger partial charge in [-0.3, -0.25) is 4.79 Å². The van der Waals surface area contributed by atoms with Crippen LogP contribution in [-0.2, 0) is 14.3 Å². The van der Waals surface area contributed by atoms with E-state index in [9.17, 15) is 9.59 Å². The summed E-state index contributed by atoms with van der Waals surface area (Å²) >= 11 is 0. The minimum atomic E-state index is -0.370. The highest BCUT2D eigenvalue weighted by atomic mass is 16.5. The molecule has 0 radical (unpaired) electrons. The van der Waals surface area contributed by atoms with Crippen LogP contribution in [0.2, 0.25) is 0 Å². The molecule has 0 saturated heterocycles. The molecule has 0 unspecified atom stereocenters. The molecule has 0 heterocycles. The van der Waals surface area contributed by atoms with Gasteiger partial charge in [-0.05, 0) is 31.2 Å². The van der Waals surface area contributed by atoms with E-state index in [-0.39, 0.29) is 18.4 Å². The molecule has 0 aliphatic rings. The highest BCUT2D eigenvalue weighted by Gasteiger charge is 2.04. The van der Waals surface area contributed by atoms with Crippen LogP contribution in [0.1, 0.15) is 29.3 Å². The van der Waals surface area contributed by atoms with E-state index in [1.807, 2.05) is 0 Å². The molecule has 0 atom stereocenters. The summed E-state index contributed by atoms with van der Waals surface area (Å²) in [5.41, 5.74) is 1.21. The van der Waals surface area contributed by atoms with Gasteiger partial charge in [0.2, 0.25) is 0 Å². The van der Waals surface area contributed by atoms with E-state index in [2.05, 4.69) is 16.6 Å². The average Bonchev–Trinajstić information content (AvgIpc) is 2.39. The first-order valence-electron chi connectivity index (χ1n) is 5.50. The zero-order valence-corrected chi connectivity index (χ0v) is 10.4. The third kappa shape index (κ3) is 4.30. The van der Waals surface area contributed by atoms with Crippen LogP contribution in [0, 0.1) is 11.8 Å². The second-order valence-electron chi connectivity index (χ2n) is 3.35. The molecule has 0 aromatic heterocycles. The molecule has 0 bridgehead atoms. The maximum absolute atomic E-state index is 11.4. The monoisotopic (exact) mass is 246 g/mol. The van der Waals surface area contributed by atoms with E-state index >= 15 is 0 Å². The van der Waals surface area contributed by atoms with Crippen molar-refractivity contribution in [2.24, 2.45) is 0 Å². The first kappa shape index (κ1) is 13.8. The summed E-state index contributed by atoms with van der Waals surface area (Å²) in [6.07, 6.45) is 0.0517. The van der Waals surface area contributed by atoms with Crippen molar-refractivity contribution >= 4 is 11.9 Å². The van der Waals surface area contributed by atoms with E-state index in [1.54, 1.807) is 31.2 Å². The van der Waals surface area contributed by atoms with Gasteiger partial charge in [0.1, 0.15) is 6.42 Å². The first-order chi connectivity index (χ1) is 8.67. The quantitative estimate of drug-likeness (QED) is 0.602. The predicted octanol–water partition coefficient (Wildman–Crippen LogP) is 1.78. The molecule has 0 spiro atoms. The van der Waals surface area contributed by atoms with Crippen LogP contribution in [0.15, 0.2) is 24.3 Å². The van der Waals surface area contributed by atoms with Gasteiger partial charge in [0.15, 0.2) is 0 Å².